The lowest BCUT2D eigenvalue weighted by atomic mass is 10.1. The fraction of sp³-hybridized carbons (Fsp3) is 0.600. The molecule has 1 aliphatic heterocycles. The summed E-state index contributed by atoms with van der Waals surface area (Å²) < 4.78 is 0. The molecular formula is C10H18N2O. The minimum atomic E-state index is -0.388. The van der Waals surface area contributed by atoms with E-state index in [-0.39, 0.29) is 12.1 Å². The summed E-state index contributed by atoms with van der Waals surface area (Å²) >= 11 is 0. The van der Waals surface area contributed by atoms with Crippen LogP contribution in [0, 0.1) is 0 Å². The molecule has 2 unspecified atom stereocenters. The van der Waals surface area contributed by atoms with Crippen LogP contribution in [0.15, 0.2) is 24.6 Å². The molecule has 0 aromatic heterocycles. The van der Waals surface area contributed by atoms with Gasteiger partial charge in [0.25, 0.3) is 0 Å². The van der Waals surface area contributed by atoms with E-state index in [4.69, 9.17) is 0 Å². The molecule has 1 fully saturated rings. The third-order valence-corrected chi connectivity index (χ3v) is 2.21. The van der Waals surface area contributed by atoms with E-state index in [1.807, 2.05) is 0 Å². The van der Waals surface area contributed by atoms with Gasteiger partial charge in [0.2, 0.25) is 0 Å². The van der Waals surface area contributed by atoms with Gasteiger partial charge in [-0.2, -0.15) is 0 Å². The number of aliphatic hydroxyl groups excluding tert-OH is 1. The van der Waals surface area contributed by atoms with Crippen LogP contribution in [-0.4, -0.2) is 23.8 Å². The summed E-state index contributed by atoms with van der Waals surface area (Å²) in [6.07, 6.45) is 1.62. The molecule has 3 N–H and O–H groups in total. The molecule has 1 rings (SSSR count). The SMILES string of the molecule is C=C(CCC)NC1C(=C)NCC1O. The Hall–Kier alpha value is -0.960. The summed E-state index contributed by atoms with van der Waals surface area (Å²) in [5, 5.41) is 15.7. The first-order valence-electron chi connectivity index (χ1n) is 4.70. The van der Waals surface area contributed by atoms with E-state index in [2.05, 4.69) is 30.7 Å². The summed E-state index contributed by atoms with van der Waals surface area (Å²) in [4.78, 5) is 0. The Morgan fingerprint density at radius 2 is 2.46 bits per heavy atom. The molecule has 1 saturated heterocycles. The maximum absolute atomic E-state index is 9.55. The molecule has 0 spiro atoms. The smallest absolute Gasteiger partial charge is 0.0968 e. The fourth-order valence-electron chi connectivity index (χ4n) is 1.47. The van der Waals surface area contributed by atoms with Gasteiger partial charge in [0.05, 0.1) is 12.1 Å². The van der Waals surface area contributed by atoms with Crippen molar-refractivity contribution in [3.05, 3.63) is 24.6 Å². The van der Waals surface area contributed by atoms with Gasteiger partial charge < -0.3 is 15.7 Å². The van der Waals surface area contributed by atoms with Crippen molar-refractivity contribution >= 4 is 0 Å². The number of hydrogen-bond donors (Lipinski definition) is 3. The van der Waals surface area contributed by atoms with Crippen molar-refractivity contribution in [1.82, 2.24) is 10.6 Å². The van der Waals surface area contributed by atoms with E-state index in [1.54, 1.807) is 0 Å². The van der Waals surface area contributed by atoms with E-state index in [9.17, 15) is 5.11 Å². The first kappa shape index (κ1) is 10.1. The molecule has 0 amide bonds. The van der Waals surface area contributed by atoms with Crippen LogP contribution in [0.1, 0.15) is 19.8 Å². The maximum atomic E-state index is 9.55. The fourth-order valence-corrected chi connectivity index (χ4v) is 1.47. The molecule has 0 saturated carbocycles. The van der Waals surface area contributed by atoms with Crippen molar-refractivity contribution in [3.63, 3.8) is 0 Å². The van der Waals surface area contributed by atoms with Crippen LogP contribution < -0.4 is 10.6 Å². The second-order valence-electron chi connectivity index (χ2n) is 3.45. The molecule has 0 aromatic carbocycles. The average Bonchev–Trinajstić information content (AvgIpc) is 2.36. The van der Waals surface area contributed by atoms with Crippen LogP contribution in [0.25, 0.3) is 0 Å². The van der Waals surface area contributed by atoms with Crippen molar-refractivity contribution < 1.29 is 5.11 Å². The van der Waals surface area contributed by atoms with E-state index < -0.39 is 0 Å². The van der Waals surface area contributed by atoms with Crippen LogP contribution in [-0.2, 0) is 0 Å². The molecule has 3 heteroatoms. The zero-order valence-electron chi connectivity index (χ0n) is 8.14. The highest BCUT2D eigenvalue weighted by Crippen LogP contribution is 2.12. The lowest BCUT2D eigenvalue weighted by Gasteiger charge is -2.18. The number of β-amino-alcohol motifs (C(OH)–C–C–N with tert-alkyl or cyclic N) is 1. The molecular weight excluding hydrogens is 164 g/mol. The zero-order valence-corrected chi connectivity index (χ0v) is 8.14. The predicted octanol–water partition coefficient (Wildman–Crippen LogP) is 0.736. The van der Waals surface area contributed by atoms with Crippen LogP contribution in [0.4, 0.5) is 0 Å². The molecule has 1 heterocycles. The summed E-state index contributed by atoms with van der Waals surface area (Å²) in [6.45, 7) is 10.4. The van der Waals surface area contributed by atoms with Crippen LogP contribution in [0.3, 0.4) is 0 Å². The molecule has 0 aliphatic carbocycles. The molecule has 0 radical (unpaired) electrons. The quantitative estimate of drug-likeness (QED) is 0.601. The van der Waals surface area contributed by atoms with Gasteiger partial charge in [-0.1, -0.05) is 26.5 Å². The topological polar surface area (TPSA) is 44.3 Å². The minimum Gasteiger partial charge on any atom is -0.389 e. The monoisotopic (exact) mass is 182 g/mol. The van der Waals surface area contributed by atoms with Gasteiger partial charge in [-0.25, -0.2) is 0 Å². The highest BCUT2D eigenvalue weighted by molar-refractivity contribution is 5.16. The highest BCUT2D eigenvalue weighted by atomic mass is 16.3. The van der Waals surface area contributed by atoms with E-state index in [1.165, 1.54) is 0 Å². The van der Waals surface area contributed by atoms with Gasteiger partial charge in [0, 0.05) is 17.9 Å². The number of allylic oxidation sites excluding steroid dienone is 1. The zero-order chi connectivity index (χ0) is 9.84. The van der Waals surface area contributed by atoms with E-state index in [0.717, 1.165) is 24.2 Å². The highest BCUT2D eigenvalue weighted by Gasteiger charge is 2.28. The van der Waals surface area contributed by atoms with Crippen LogP contribution >= 0.6 is 0 Å². The first-order chi connectivity index (χ1) is 6.15. The number of aliphatic hydroxyl groups is 1. The molecule has 13 heavy (non-hydrogen) atoms. The Morgan fingerprint density at radius 3 is 2.92 bits per heavy atom. The molecule has 0 bridgehead atoms. The average molecular weight is 182 g/mol. The van der Waals surface area contributed by atoms with Crippen molar-refractivity contribution in [2.24, 2.45) is 0 Å². The number of hydrogen-bond acceptors (Lipinski definition) is 3. The maximum Gasteiger partial charge on any atom is 0.0968 e. The van der Waals surface area contributed by atoms with Crippen molar-refractivity contribution in [2.45, 2.75) is 31.9 Å². The standard InChI is InChI=1S/C10H18N2O/c1-4-5-7(2)12-10-8(3)11-6-9(10)13/h9-13H,2-6H2,1H3. The van der Waals surface area contributed by atoms with E-state index >= 15 is 0 Å². The summed E-state index contributed by atoms with van der Waals surface area (Å²) in [7, 11) is 0. The summed E-state index contributed by atoms with van der Waals surface area (Å²) in [5.74, 6) is 0. The molecule has 1 aliphatic rings. The Balaban J connectivity index is 2.43. The number of rotatable bonds is 4. The minimum absolute atomic E-state index is 0.0703. The molecule has 74 valence electrons. The molecule has 0 aromatic rings. The van der Waals surface area contributed by atoms with Gasteiger partial charge in [-0.05, 0) is 6.42 Å². The molecule has 2 atom stereocenters. The third kappa shape index (κ3) is 2.49. The number of nitrogens with one attached hydrogen (secondary N) is 2. The summed E-state index contributed by atoms with van der Waals surface area (Å²) in [5.41, 5.74) is 1.82. The second-order valence-corrected chi connectivity index (χ2v) is 3.45. The summed E-state index contributed by atoms with van der Waals surface area (Å²) in [6, 6.07) is -0.0703. The van der Waals surface area contributed by atoms with Gasteiger partial charge in [0.1, 0.15) is 0 Å². The Bertz CT molecular complexity index is 213. The van der Waals surface area contributed by atoms with Gasteiger partial charge >= 0.3 is 0 Å². The normalized spacial score (nSPS) is 27.1. The lowest BCUT2D eigenvalue weighted by molar-refractivity contribution is 0.171. The lowest BCUT2D eigenvalue weighted by Crippen LogP contribution is -2.36. The van der Waals surface area contributed by atoms with Crippen molar-refractivity contribution in [2.75, 3.05) is 6.54 Å². The van der Waals surface area contributed by atoms with Crippen molar-refractivity contribution in [1.29, 1.82) is 0 Å². The second kappa shape index (κ2) is 4.33. The van der Waals surface area contributed by atoms with Gasteiger partial charge in [0.15, 0.2) is 0 Å². The van der Waals surface area contributed by atoms with E-state index in [0.29, 0.717) is 6.54 Å². The third-order valence-electron chi connectivity index (χ3n) is 2.21. The molecule has 3 nitrogen and oxygen atoms in total. The Kier molecular flexibility index (Phi) is 3.37. The van der Waals surface area contributed by atoms with Gasteiger partial charge in [-0.3, -0.25) is 0 Å². The van der Waals surface area contributed by atoms with Crippen molar-refractivity contribution in [3.8, 4) is 0 Å². The van der Waals surface area contributed by atoms with Gasteiger partial charge in [-0.15, -0.1) is 0 Å². The first-order valence-corrected chi connectivity index (χ1v) is 4.70. The predicted molar refractivity (Wildman–Crippen MR) is 54.1 cm³/mol. The Labute approximate surface area is 79.5 Å². The largest absolute Gasteiger partial charge is 0.389 e. The van der Waals surface area contributed by atoms with Crippen LogP contribution in [0.5, 0.6) is 0 Å². The van der Waals surface area contributed by atoms with Crippen LogP contribution in [0.2, 0.25) is 0 Å². The Morgan fingerprint density at radius 1 is 1.77 bits per heavy atom.